The van der Waals surface area contributed by atoms with E-state index >= 15 is 0 Å². The molecule has 0 spiro atoms. The number of hydrogen-bond acceptors (Lipinski definition) is 3. The lowest BCUT2D eigenvalue weighted by Gasteiger charge is -2.28. The van der Waals surface area contributed by atoms with Crippen LogP contribution in [0.3, 0.4) is 0 Å². The number of sulfonamides is 1. The van der Waals surface area contributed by atoms with Crippen molar-refractivity contribution in [3.8, 4) is 5.75 Å². The monoisotopic (exact) mass is 315 g/mol. The summed E-state index contributed by atoms with van der Waals surface area (Å²) in [5, 5.41) is 0. The summed E-state index contributed by atoms with van der Waals surface area (Å²) in [4.78, 5) is 0.294. The van der Waals surface area contributed by atoms with E-state index in [-0.39, 0.29) is 0 Å². The normalized spacial score (nSPS) is 13.8. The molecule has 0 fully saturated rings. The van der Waals surface area contributed by atoms with Crippen LogP contribution in [0, 0.1) is 6.92 Å². The number of aryl methyl sites for hydroxylation is 1. The molecule has 0 aromatic heterocycles. The first-order chi connectivity index (χ1) is 10.5. The lowest BCUT2D eigenvalue weighted by Crippen LogP contribution is -2.33. The van der Waals surface area contributed by atoms with Gasteiger partial charge in [0.25, 0.3) is 10.0 Å². The van der Waals surface area contributed by atoms with Crippen LogP contribution in [0.2, 0.25) is 0 Å². The summed E-state index contributed by atoms with van der Waals surface area (Å²) in [6.45, 7) is 2.25. The van der Waals surface area contributed by atoms with Crippen LogP contribution in [0.1, 0.15) is 11.1 Å². The molecular weight excluding hydrogens is 298 g/mol. The lowest BCUT2D eigenvalue weighted by molar-refractivity contribution is 0.414. The van der Waals surface area contributed by atoms with E-state index in [1.54, 1.807) is 43.5 Å². The van der Waals surface area contributed by atoms with E-state index < -0.39 is 10.0 Å². The number of benzene rings is 2. The highest BCUT2D eigenvalue weighted by Crippen LogP contribution is 2.36. The van der Waals surface area contributed by atoms with Gasteiger partial charge in [0.2, 0.25) is 0 Å². The number of methoxy groups -OCH3 is 1. The molecule has 1 aliphatic heterocycles. The minimum absolute atomic E-state index is 0.294. The van der Waals surface area contributed by atoms with Crippen LogP contribution in [-0.2, 0) is 10.0 Å². The summed E-state index contributed by atoms with van der Waals surface area (Å²) in [7, 11) is -2.01. The number of nitrogens with zero attached hydrogens (tertiary/aromatic N) is 1. The maximum atomic E-state index is 12.9. The molecule has 0 aliphatic carbocycles. The van der Waals surface area contributed by atoms with Crippen molar-refractivity contribution < 1.29 is 13.2 Å². The van der Waals surface area contributed by atoms with Crippen LogP contribution in [0.15, 0.2) is 53.4 Å². The zero-order valence-corrected chi connectivity index (χ0v) is 13.3. The second-order valence-corrected chi connectivity index (χ2v) is 7.01. The van der Waals surface area contributed by atoms with Gasteiger partial charge in [-0.3, -0.25) is 4.31 Å². The van der Waals surface area contributed by atoms with Gasteiger partial charge in [-0.05, 0) is 31.2 Å². The topological polar surface area (TPSA) is 46.6 Å². The van der Waals surface area contributed by atoms with Crippen LogP contribution in [-0.4, -0.2) is 22.1 Å². The van der Waals surface area contributed by atoms with Crippen LogP contribution < -0.4 is 9.04 Å². The second kappa shape index (κ2) is 5.50. The highest BCUT2D eigenvalue weighted by Gasteiger charge is 2.28. The molecule has 0 radical (unpaired) electrons. The molecule has 3 rings (SSSR count). The van der Waals surface area contributed by atoms with Gasteiger partial charge in [0.1, 0.15) is 5.75 Å². The third kappa shape index (κ3) is 2.37. The first kappa shape index (κ1) is 14.7. The minimum atomic E-state index is -3.59. The highest BCUT2D eigenvalue weighted by molar-refractivity contribution is 7.92. The zero-order chi connectivity index (χ0) is 15.7. The van der Waals surface area contributed by atoms with Crippen molar-refractivity contribution >= 4 is 21.8 Å². The molecule has 0 bridgehead atoms. The quantitative estimate of drug-likeness (QED) is 0.873. The van der Waals surface area contributed by atoms with Crippen LogP contribution in [0.4, 0.5) is 5.69 Å². The molecular formula is C17H17NO3S. The number of fused-ring (bicyclic) bond motifs is 1. The van der Waals surface area contributed by atoms with Crippen molar-refractivity contribution in [2.24, 2.45) is 0 Å². The Bertz CT molecular complexity index is 823. The molecule has 0 unspecified atom stereocenters. The van der Waals surface area contributed by atoms with Gasteiger partial charge >= 0.3 is 0 Å². The Kier molecular flexibility index (Phi) is 3.66. The van der Waals surface area contributed by atoms with Crippen molar-refractivity contribution in [2.75, 3.05) is 18.0 Å². The number of rotatable bonds is 3. The summed E-state index contributed by atoms with van der Waals surface area (Å²) in [6, 6.07) is 12.3. The molecule has 1 heterocycles. The van der Waals surface area contributed by atoms with E-state index in [4.69, 9.17) is 4.74 Å². The zero-order valence-electron chi connectivity index (χ0n) is 12.5. The predicted octanol–water partition coefficient (Wildman–Crippen LogP) is 3.23. The Morgan fingerprint density at radius 2 is 1.82 bits per heavy atom. The van der Waals surface area contributed by atoms with Gasteiger partial charge in [0, 0.05) is 5.56 Å². The summed E-state index contributed by atoms with van der Waals surface area (Å²) in [6.07, 6.45) is 3.73. The van der Waals surface area contributed by atoms with Gasteiger partial charge in [0.15, 0.2) is 0 Å². The Morgan fingerprint density at radius 1 is 1.09 bits per heavy atom. The SMILES string of the molecule is COc1cccc2c1C=CCN2S(=O)(=O)c1ccc(C)cc1. The van der Waals surface area contributed by atoms with E-state index in [1.165, 1.54) is 4.31 Å². The van der Waals surface area contributed by atoms with Gasteiger partial charge < -0.3 is 4.74 Å². The molecule has 5 heteroatoms. The molecule has 2 aromatic carbocycles. The summed E-state index contributed by atoms with van der Waals surface area (Å²) in [5.74, 6) is 0.664. The van der Waals surface area contributed by atoms with E-state index in [9.17, 15) is 8.42 Å². The summed E-state index contributed by atoms with van der Waals surface area (Å²) in [5.41, 5.74) is 2.45. The molecule has 0 saturated carbocycles. The van der Waals surface area contributed by atoms with Gasteiger partial charge in [-0.1, -0.05) is 35.9 Å². The first-order valence-electron chi connectivity index (χ1n) is 6.97. The Morgan fingerprint density at radius 3 is 2.50 bits per heavy atom. The maximum absolute atomic E-state index is 12.9. The molecule has 4 nitrogen and oxygen atoms in total. The van der Waals surface area contributed by atoms with Gasteiger partial charge in [-0.2, -0.15) is 0 Å². The molecule has 0 saturated heterocycles. The molecule has 114 valence electrons. The molecule has 2 aromatic rings. The van der Waals surface area contributed by atoms with Crippen molar-refractivity contribution in [2.45, 2.75) is 11.8 Å². The minimum Gasteiger partial charge on any atom is -0.496 e. The fourth-order valence-corrected chi connectivity index (χ4v) is 3.96. The van der Waals surface area contributed by atoms with Crippen molar-refractivity contribution in [1.29, 1.82) is 0 Å². The third-order valence-corrected chi connectivity index (χ3v) is 5.49. The van der Waals surface area contributed by atoms with E-state index in [1.807, 2.05) is 25.1 Å². The smallest absolute Gasteiger partial charge is 0.264 e. The lowest BCUT2D eigenvalue weighted by atomic mass is 10.1. The van der Waals surface area contributed by atoms with Gasteiger partial charge in [-0.25, -0.2) is 8.42 Å². The van der Waals surface area contributed by atoms with Crippen LogP contribution >= 0.6 is 0 Å². The van der Waals surface area contributed by atoms with E-state index in [0.717, 1.165) is 11.1 Å². The van der Waals surface area contributed by atoms with E-state index in [0.29, 0.717) is 22.9 Å². The molecule has 0 amide bonds. The van der Waals surface area contributed by atoms with Crippen LogP contribution in [0.25, 0.3) is 6.08 Å². The Balaban J connectivity index is 2.11. The standard InChI is InChI=1S/C17H17NO3S/c1-13-8-10-14(11-9-13)22(19,20)18-12-4-5-15-16(18)6-3-7-17(15)21-2/h3-11H,12H2,1-2H3. The van der Waals surface area contributed by atoms with E-state index in [2.05, 4.69) is 0 Å². The Labute approximate surface area is 130 Å². The largest absolute Gasteiger partial charge is 0.496 e. The summed E-state index contributed by atoms with van der Waals surface area (Å²) < 4.78 is 32.6. The van der Waals surface area contributed by atoms with Crippen molar-refractivity contribution in [3.63, 3.8) is 0 Å². The third-order valence-electron chi connectivity index (χ3n) is 3.70. The van der Waals surface area contributed by atoms with Gasteiger partial charge in [0.05, 0.1) is 24.2 Å². The van der Waals surface area contributed by atoms with Crippen molar-refractivity contribution in [1.82, 2.24) is 0 Å². The fraction of sp³-hybridized carbons (Fsp3) is 0.176. The maximum Gasteiger partial charge on any atom is 0.264 e. The average molecular weight is 315 g/mol. The number of hydrogen-bond donors (Lipinski definition) is 0. The second-order valence-electron chi connectivity index (χ2n) is 5.14. The fourth-order valence-electron chi connectivity index (χ4n) is 2.53. The van der Waals surface area contributed by atoms with Gasteiger partial charge in [-0.15, -0.1) is 0 Å². The number of ether oxygens (including phenoxy) is 1. The highest BCUT2D eigenvalue weighted by atomic mass is 32.2. The molecule has 22 heavy (non-hydrogen) atoms. The molecule has 1 aliphatic rings. The number of anilines is 1. The first-order valence-corrected chi connectivity index (χ1v) is 8.41. The molecule has 0 atom stereocenters. The van der Waals surface area contributed by atoms with Crippen LogP contribution in [0.5, 0.6) is 5.75 Å². The Hall–Kier alpha value is -2.27. The average Bonchev–Trinajstić information content (AvgIpc) is 2.54. The van der Waals surface area contributed by atoms with Crippen molar-refractivity contribution in [3.05, 3.63) is 59.7 Å². The predicted molar refractivity (Wildman–Crippen MR) is 87.7 cm³/mol. The summed E-state index contributed by atoms with van der Waals surface area (Å²) >= 11 is 0. The molecule has 0 N–H and O–H groups in total.